The van der Waals surface area contributed by atoms with Crippen LogP contribution in [0.3, 0.4) is 0 Å². The quantitative estimate of drug-likeness (QED) is 0.812. The van der Waals surface area contributed by atoms with E-state index in [0.717, 1.165) is 11.3 Å². The van der Waals surface area contributed by atoms with Crippen LogP contribution in [-0.2, 0) is 0 Å². The maximum Gasteiger partial charge on any atom is 0.0882 e. The van der Waals surface area contributed by atoms with Gasteiger partial charge in [0.05, 0.1) is 18.3 Å². The lowest BCUT2D eigenvalue weighted by atomic mass is 9.97. The molecule has 1 aliphatic carbocycles. The molecule has 0 unspecified atom stereocenters. The third-order valence-electron chi connectivity index (χ3n) is 4.22. The Kier molecular flexibility index (Phi) is 4.08. The minimum absolute atomic E-state index is 0.119. The Morgan fingerprint density at radius 2 is 2.00 bits per heavy atom. The average molecular weight is 292 g/mol. The fraction of sp³-hybridized carbons (Fsp3) is 0.500. The van der Waals surface area contributed by atoms with Crippen LogP contribution in [0, 0.1) is 5.92 Å². The molecule has 0 radical (unpaired) electrons. The van der Waals surface area contributed by atoms with Gasteiger partial charge in [0.15, 0.2) is 0 Å². The van der Waals surface area contributed by atoms with Gasteiger partial charge in [-0.05, 0) is 49.1 Å². The molecular formula is C16H20O3S. The molecule has 20 heavy (non-hydrogen) atoms. The van der Waals surface area contributed by atoms with Crippen molar-refractivity contribution < 1.29 is 15.3 Å². The molecule has 4 heteroatoms. The van der Waals surface area contributed by atoms with Crippen LogP contribution in [0.25, 0.3) is 10.1 Å². The summed E-state index contributed by atoms with van der Waals surface area (Å²) >= 11 is 1.63. The molecule has 4 atom stereocenters. The largest absolute Gasteiger partial charge is 0.393 e. The zero-order valence-corrected chi connectivity index (χ0v) is 12.1. The van der Waals surface area contributed by atoms with Crippen molar-refractivity contribution in [3.63, 3.8) is 0 Å². The highest BCUT2D eigenvalue weighted by Crippen LogP contribution is 2.35. The van der Waals surface area contributed by atoms with Crippen molar-refractivity contribution >= 4 is 21.4 Å². The Bertz CT molecular complexity index is 547. The molecule has 0 bridgehead atoms. The maximum absolute atomic E-state index is 10.3. The molecule has 2 aromatic rings. The molecule has 1 aromatic heterocycles. The lowest BCUT2D eigenvalue weighted by Crippen LogP contribution is -2.13. The van der Waals surface area contributed by atoms with Gasteiger partial charge in [-0.25, -0.2) is 0 Å². The molecule has 1 aromatic carbocycles. The van der Waals surface area contributed by atoms with Crippen LogP contribution in [0.2, 0.25) is 0 Å². The number of rotatable bonds is 4. The van der Waals surface area contributed by atoms with Crippen molar-refractivity contribution in [1.82, 2.24) is 0 Å². The van der Waals surface area contributed by atoms with Crippen LogP contribution in [-0.4, -0.2) is 27.5 Å². The van der Waals surface area contributed by atoms with E-state index in [9.17, 15) is 15.3 Å². The first kappa shape index (κ1) is 14.0. The topological polar surface area (TPSA) is 60.7 Å². The molecule has 1 fully saturated rings. The number of fused-ring (bicyclic) bond motifs is 1. The lowest BCUT2D eigenvalue weighted by Gasteiger charge is -2.15. The van der Waals surface area contributed by atoms with Crippen LogP contribution in [0.5, 0.6) is 0 Å². The van der Waals surface area contributed by atoms with Crippen molar-refractivity contribution in [2.75, 3.05) is 0 Å². The molecule has 3 N–H and O–H groups in total. The molecule has 0 aliphatic heterocycles. The molecule has 3 rings (SSSR count). The molecule has 1 saturated carbocycles. The Morgan fingerprint density at radius 3 is 2.70 bits per heavy atom. The first-order chi connectivity index (χ1) is 9.63. The van der Waals surface area contributed by atoms with Gasteiger partial charge in [0.2, 0.25) is 0 Å². The van der Waals surface area contributed by atoms with E-state index in [2.05, 4.69) is 12.1 Å². The highest BCUT2D eigenvalue weighted by atomic mass is 32.1. The monoisotopic (exact) mass is 292 g/mol. The third-order valence-corrected chi connectivity index (χ3v) is 5.43. The van der Waals surface area contributed by atoms with Gasteiger partial charge in [0.25, 0.3) is 0 Å². The van der Waals surface area contributed by atoms with E-state index in [0.29, 0.717) is 19.3 Å². The second-order valence-electron chi connectivity index (χ2n) is 5.73. The zero-order valence-electron chi connectivity index (χ0n) is 11.3. The second kappa shape index (κ2) is 5.82. The minimum atomic E-state index is -0.475. The van der Waals surface area contributed by atoms with Gasteiger partial charge in [-0.2, -0.15) is 0 Å². The van der Waals surface area contributed by atoms with E-state index in [1.54, 1.807) is 11.3 Å². The van der Waals surface area contributed by atoms with Crippen molar-refractivity contribution in [2.45, 2.75) is 44.0 Å². The standard InChI is InChI=1S/C16H20O3S/c17-12-7-10(14(19)9-12)5-6-13(18)16-8-11-3-1-2-4-15(11)20-16/h1-4,8,10,12-14,17-19H,5-7,9H2/t10-,12-,13-,14-/m1/s1. The number of hydrogen-bond donors (Lipinski definition) is 3. The predicted octanol–water partition coefficient (Wildman–Crippen LogP) is 2.85. The summed E-state index contributed by atoms with van der Waals surface area (Å²) in [6, 6.07) is 10.2. The highest BCUT2D eigenvalue weighted by Gasteiger charge is 2.31. The summed E-state index contributed by atoms with van der Waals surface area (Å²) in [7, 11) is 0. The summed E-state index contributed by atoms with van der Waals surface area (Å²) in [4.78, 5) is 0.985. The van der Waals surface area contributed by atoms with Gasteiger partial charge < -0.3 is 15.3 Å². The van der Waals surface area contributed by atoms with E-state index in [-0.39, 0.29) is 12.0 Å². The summed E-state index contributed by atoms with van der Waals surface area (Å²) in [5, 5.41) is 30.8. The van der Waals surface area contributed by atoms with Crippen LogP contribution >= 0.6 is 11.3 Å². The summed E-state index contributed by atoms with van der Waals surface area (Å²) < 4.78 is 1.19. The number of benzene rings is 1. The molecule has 0 saturated heterocycles. The normalized spacial score (nSPS) is 28.1. The van der Waals surface area contributed by atoms with E-state index < -0.39 is 12.2 Å². The fourth-order valence-corrected chi connectivity index (χ4v) is 4.15. The molecule has 108 valence electrons. The maximum atomic E-state index is 10.3. The molecule has 1 heterocycles. The van der Waals surface area contributed by atoms with Crippen LogP contribution in [0.1, 0.15) is 36.7 Å². The SMILES string of the molecule is O[C@@H]1C[C@@H](CC[C@@H](O)c2cc3ccccc3s2)[C@H](O)C1. The Labute approximate surface area is 122 Å². The van der Waals surface area contributed by atoms with Crippen molar-refractivity contribution in [3.8, 4) is 0 Å². The molecule has 3 nitrogen and oxygen atoms in total. The summed E-state index contributed by atoms with van der Waals surface area (Å²) in [5.41, 5.74) is 0. The average Bonchev–Trinajstić information content (AvgIpc) is 2.99. The molecule has 0 amide bonds. The second-order valence-corrected chi connectivity index (χ2v) is 6.85. The smallest absolute Gasteiger partial charge is 0.0882 e. The van der Waals surface area contributed by atoms with E-state index in [1.807, 2.05) is 18.2 Å². The summed E-state index contributed by atoms with van der Waals surface area (Å²) in [6.45, 7) is 0. The molecule has 1 aliphatic rings. The highest BCUT2D eigenvalue weighted by molar-refractivity contribution is 7.19. The number of hydrogen-bond acceptors (Lipinski definition) is 4. The van der Waals surface area contributed by atoms with E-state index in [4.69, 9.17) is 0 Å². The van der Waals surface area contributed by atoms with Gasteiger partial charge >= 0.3 is 0 Å². The van der Waals surface area contributed by atoms with Crippen LogP contribution in [0.15, 0.2) is 30.3 Å². The first-order valence-electron chi connectivity index (χ1n) is 7.16. The fourth-order valence-electron chi connectivity index (χ4n) is 3.07. The van der Waals surface area contributed by atoms with Crippen molar-refractivity contribution in [2.24, 2.45) is 5.92 Å². The van der Waals surface area contributed by atoms with Crippen molar-refractivity contribution in [3.05, 3.63) is 35.2 Å². The predicted molar refractivity (Wildman–Crippen MR) is 80.8 cm³/mol. The zero-order chi connectivity index (χ0) is 14.1. The Balaban J connectivity index is 1.63. The molecular weight excluding hydrogens is 272 g/mol. The Morgan fingerprint density at radius 1 is 1.20 bits per heavy atom. The van der Waals surface area contributed by atoms with Crippen LogP contribution < -0.4 is 0 Å². The van der Waals surface area contributed by atoms with Crippen molar-refractivity contribution in [1.29, 1.82) is 0 Å². The van der Waals surface area contributed by atoms with Gasteiger partial charge in [-0.1, -0.05) is 18.2 Å². The summed E-state index contributed by atoms with van der Waals surface area (Å²) in [5.74, 6) is 0.119. The minimum Gasteiger partial charge on any atom is -0.393 e. The van der Waals surface area contributed by atoms with E-state index >= 15 is 0 Å². The lowest BCUT2D eigenvalue weighted by molar-refractivity contribution is 0.103. The van der Waals surface area contributed by atoms with Gasteiger partial charge in [0, 0.05) is 9.58 Å². The first-order valence-corrected chi connectivity index (χ1v) is 7.98. The summed E-state index contributed by atoms with van der Waals surface area (Å²) in [6.07, 6.45) is 1.26. The van der Waals surface area contributed by atoms with Gasteiger partial charge in [-0.3, -0.25) is 0 Å². The number of thiophene rings is 1. The van der Waals surface area contributed by atoms with E-state index in [1.165, 1.54) is 10.1 Å². The Hall–Kier alpha value is -0.940. The molecule has 0 spiro atoms. The number of aliphatic hydroxyl groups excluding tert-OH is 3. The number of aliphatic hydroxyl groups is 3. The van der Waals surface area contributed by atoms with Gasteiger partial charge in [0.1, 0.15) is 0 Å². The van der Waals surface area contributed by atoms with Gasteiger partial charge in [-0.15, -0.1) is 11.3 Å². The third kappa shape index (κ3) is 2.88. The van der Waals surface area contributed by atoms with Crippen LogP contribution in [0.4, 0.5) is 0 Å².